The fraction of sp³-hybridized carbons (Fsp3) is 0.450. The zero-order valence-electron chi connectivity index (χ0n) is 26.4. The molecule has 0 amide bonds. The molecule has 1 fully saturated rings. The Balaban J connectivity index is 1.20. The molecule has 0 aromatic heterocycles. The smallest absolute Gasteiger partial charge is 0.201 e. The first-order chi connectivity index (χ1) is 21.5. The van der Waals surface area contributed by atoms with Gasteiger partial charge in [-0.2, -0.15) is 4.39 Å². The van der Waals surface area contributed by atoms with Gasteiger partial charge in [-0.15, -0.1) is 0 Å². The molecule has 0 heterocycles. The van der Waals surface area contributed by atoms with Crippen molar-refractivity contribution >= 4 is 5.57 Å². The Bertz CT molecular complexity index is 1430. The van der Waals surface area contributed by atoms with Crippen molar-refractivity contribution in [3.63, 3.8) is 0 Å². The van der Waals surface area contributed by atoms with Crippen molar-refractivity contribution in [3.05, 3.63) is 96.0 Å². The van der Waals surface area contributed by atoms with Gasteiger partial charge < -0.3 is 4.74 Å². The van der Waals surface area contributed by atoms with Gasteiger partial charge in [-0.3, -0.25) is 0 Å². The first-order valence-electron chi connectivity index (χ1n) is 16.9. The van der Waals surface area contributed by atoms with Crippen LogP contribution in [0.25, 0.3) is 27.8 Å². The molecular formula is C40H47F3O. The zero-order valence-corrected chi connectivity index (χ0v) is 26.4. The van der Waals surface area contributed by atoms with E-state index in [-0.39, 0.29) is 17.1 Å². The largest absolute Gasteiger partial charge is 0.462 e. The van der Waals surface area contributed by atoms with Crippen molar-refractivity contribution in [2.75, 3.05) is 0 Å². The summed E-state index contributed by atoms with van der Waals surface area (Å²) in [4.78, 5) is 0. The monoisotopic (exact) mass is 600 g/mol. The van der Waals surface area contributed by atoms with Gasteiger partial charge in [-0.25, -0.2) is 8.78 Å². The molecule has 44 heavy (non-hydrogen) atoms. The maximum atomic E-state index is 15.4. The van der Waals surface area contributed by atoms with Crippen LogP contribution in [0.1, 0.15) is 103 Å². The topological polar surface area (TPSA) is 9.23 Å². The second-order valence-electron chi connectivity index (χ2n) is 12.8. The van der Waals surface area contributed by atoms with Gasteiger partial charge in [0.05, 0.1) is 6.26 Å². The van der Waals surface area contributed by atoms with E-state index in [4.69, 9.17) is 4.74 Å². The molecule has 0 N–H and O–H groups in total. The quantitative estimate of drug-likeness (QED) is 0.148. The Hall–Kier alpha value is -3.27. The van der Waals surface area contributed by atoms with Gasteiger partial charge in [0.15, 0.2) is 11.6 Å². The third-order valence-corrected chi connectivity index (χ3v) is 9.87. The number of halogens is 3. The third-order valence-electron chi connectivity index (χ3n) is 9.87. The van der Waals surface area contributed by atoms with E-state index in [2.05, 4.69) is 13.0 Å². The van der Waals surface area contributed by atoms with Crippen molar-refractivity contribution in [1.82, 2.24) is 0 Å². The summed E-state index contributed by atoms with van der Waals surface area (Å²) < 4.78 is 50.2. The number of ether oxygens (including phenoxy) is 1. The number of hydrogen-bond donors (Lipinski definition) is 0. The SMILES string of the molecule is CCC/C=C\Oc1ccc(-c2ccc(-c3ccc(C4=CCC(C5CCC(CCCCC)CC5)CC4)cc3F)cc2)c(F)c1F. The molecule has 0 spiro atoms. The minimum Gasteiger partial charge on any atom is -0.462 e. The van der Waals surface area contributed by atoms with Crippen molar-refractivity contribution in [2.24, 2.45) is 17.8 Å². The molecule has 1 saturated carbocycles. The lowest BCUT2D eigenvalue weighted by molar-refractivity contribution is 0.187. The molecule has 0 bridgehead atoms. The number of hydrogen-bond acceptors (Lipinski definition) is 1. The van der Waals surface area contributed by atoms with E-state index in [0.717, 1.165) is 49.0 Å². The second kappa shape index (κ2) is 15.6. The Kier molecular flexibility index (Phi) is 11.4. The van der Waals surface area contributed by atoms with Crippen LogP contribution >= 0.6 is 0 Å². The maximum Gasteiger partial charge on any atom is 0.201 e. The average molecular weight is 601 g/mol. The molecular weight excluding hydrogens is 553 g/mol. The van der Waals surface area contributed by atoms with E-state index in [1.54, 1.807) is 36.4 Å². The van der Waals surface area contributed by atoms with Crippen molar-refractivity contribution in [2.45, 2.75) is 97.3 Å². The van der Waals surface area contributed by atoms with Gasteiger partial charge in [0.25, 0.3) is 0 Å². The van der Waals surface area contributed by atoms with E-state index in [9.17, 15) is 8.78 Å². The summed E-state index contributed by atoms with van der Waals surface area (Å²) in [5, 5.41) is 0. The molecule has 0 radical (unpaired) electrons. The predicted octanol–water partition coefficient (Wildman–Crippen LogP) is 12.7. The fourth-order valence-electron chi connectivity index (χ4n) is 7.16. The van der Waals surface area contributed by atoms with Crippen LogP contribution in [0.5, 0.6) is 5.75 Å². The normalized spacial score (nSPS) is 20.6. The molecule has 4 heteroatoms. The van der Waals surface area contributed by atoms with Gasteiger partial charge in [0, 0.05) is 11.1 Å². The Morgan fingerprint density at radius 1 is 0.727 bits per heavy atom. The number of allylic oxidation sites excluding steroid dienone is 3. The molecule has 0 saturated heterocycles. The lowest BCUT2D eigenvalue weighted by Gasteiger charge is -2.35. The summed E-state index contributed by atoms with van der Waals surface area (Å²) >= 11 is 0. The van der Waals surface area contributed by atoms with Gasteiger partial charge in [-0.05, 0) is 103 Å². The van der Waals surface area contributed by atoms with E-state index < -0.39 is 11.6 Å². The standard InChI is InChI=1S/C40H47F3O/c1-3-5-7-9-28-10-12-29(13-11-28)30-14-16-31(17-15-30)34-22-23-35(37(41)27-34)32-18-20-33(21-19-32)36-24-25-38(40(43)39(36)42)44-26-8-6-4-2/h8,16,18-30H,3-7,9-15,17H2,1-2H3/b26-8-. The van der Waals surface area contributed by atoms with Gasteiger partial charge in [-0.1, -0.05) is 101 Å². The predicted molar refractivity (Wildman–Crippen MR) is 177 cm³/mol. The molecule has 1 nitrogen and oxygen atoms in total. The molecule has 3 aromatic rings. The molecule has 2 aliphatic carbocycles. The zero-order chi connectivity index (χ0) is 30.9. The lowest BCUT2D eigenvalue weighted by Crippen LogP contribution is -2.23. The van der Waals surface area contributed by atoms with Crippen LogP contribution in [-0.4, -0.2) is 0 Å². The fourth-order valence-corrected chi connectivity index (χ4v) is 7.16. The van der Waals surface area contributed by atoms with Crippen LogP contribution in [0.4, 0.5) is 13.2 Å². The lowest BCUT2D eigenvalue weighted by atomic mass is 9.70. The van der Waals surface area contributed by atoms with Crippen molar-refractivity contribution < 1.29 is 17.9 Å². The van der Waals surface area contributed by atoms with Crippen molar-refractivity contribution in [3.8, 4) is 28.0 Å². The van der Waals surface area contributed by atoms with E-state index >= 15 is 4.39 Å². The van der Waals surface area contributed by atoms with Crippen LogP contribution in [0.15, 0.2) is 73.0 Å². The minimum absolute atomic E-state index is 0.136. The highest BCUT2D eigenvalue weighted by Gasteiger charge is 2.29. The van der Waals surface area contributed by atoms with E-state index in [1.165, 1.54) is 81.8 Å². The van der Waals surface area contributed by atoms with Gasteiger partial charge in [0.2, 0.25) is 5.82 Å². The maximum absolute atomic E-state index is 15.4. The highest BCUT2D eigenvalue weighted by molar-refractivity contribution is 5.74. The first kappa shape index (κ1) is 32.1. The summed E-state index contributed by atoms with van der Waals surface area (Å²) in [6.45, 7) is 4.31. The number of rotatable bonds is 12. The summed E-state index contributed by atoms with van der Waals surface area (Å²) in [6, 6.07) is 15.4. The summed E-state index contributed by atoms with van der Waals surface area (Å²) in [6.07, 6.45) is 21.6. The minimum atomic E-state index is -1.03. The van der Waals surface area contributed by atoms with E-state index in [1.807, 2.05) is 19.1 Å². The van der Waals surface area contributed by atoms with Crippen LogP contribution in [0.2, 0.25) is 0 Å². The Labute approximate surface area is 262 Å². The summed E-state index contributed by atoms with van der Waals surface area (Å²) in [5.74, 6) is 0.147. The molecule has 5 rings (SSSR count). The molecule has 234 valence electrons. The summed E-state index contributed by atoms with van der Waals surface area (Å²) in [7, 11) is 0. The van der Waals surface area contributed by atoms with Crippen LogP contribution in [-0.2, 0) is 0 Å². The number of benzene rings is 3. The highest BCUT2D eigenvalue weighted by Crippen LogP contribution is 2.42. The Morgan fingerprint density at radius 3 is 2.09 bits per heavy atom. The summed E-state index contributed by atoms with van der Waals surface area (Å²) in [5.41, 5.74) is 4.06. The van der Waals surface area contributed by atoms with Crippen LogP contribution in [0.3, 0.4) is 0 Å². The van der Waals surface area contributed by atoms with Crippen molar-refractivity contribution in [1.29, 1.82) is 0 Å². The molecule has 3 aromatic carbocycles. The highest BCUT2D eigenvalue weighted by atomic mass is 19.2. The second-order valence-corrected chi connectivity index (χ2v) is 12.8. The first-order valence-corrected chi connectivity index (χ1v) is 16.9. The molecule has 1 unspecified atom stereocenters. The van der Waals surface area contributed by atoms with E-state index in [0.29, 0.717) is 16.7 Å². The third kappa shape index (κ3) is 7.86. The number of unbranched alkanes of at least 4 members (excludes halogenated alkanes) is 3. The van der Waals surface area contributed by atoms with Gasteiger partial charge >= 0.3 is 0 Å². The van der Waals surface area contributed by atoms with Crippen LogP contribution in [0, 0.1) is 35.2 Å². The Morgan fingerprint density at radius 2 is 1.43 bits per heavy atom. The molecule has 1 atom stereocenters. The average Bonchev–Trinajstić information content (AvgIpc) is 3.06. The van der Waals surface area contributed by atoms with Crippen LogP contribution < -0.4 is 4.74 Å². The van der Waals surface area contributed by atoms with Gasteiger partial charge in [0.1, 0.15) is 5.82 Å². The molecule has 0 aliphatic heterocycles. The molecule has 2 aliphatic rings.